The lowest BCUT2D eigenvalue weighted by molar-refractivity contribution is -0.140. The zero-order valence-electron chi connectivity index (χ0n) is 14.1. The van der Waals surface area contributed by atoms with Gasteiger partial charge < -0.3 is 5.32 Å². The van der Waals surface area contributed by atoms with Crippen molar-refractivity contribution in [3.8, 4) is 0 Å². The van der Waals surface area contributed by atoms with E-state index >= 15 is 0 Å². The number of nitrogens with one attached hydrogen (secondary N) is 1. The molecular formula is C20H19ClN2O3. The van der Waals surface area contributed by atoms with Crippen molar-refractivity contribution in [2.45, 2.75) is 12.8 Å². The quantitative estimate of drug-likeness (QED) is 0.654. The molecule has 6 atom stereocenters. The maximum absolute atomic E-state index is 12.8. The van der Waals surface area contributed by atoms with Crippen molar-refractivity contribution < 1.29 is 14.4 Å². The zero-order valence-corrected chi connectivity index (χ0v) is 14.9. The summed E-state index contributed by atoms with van der Waals surface area (Å²) in [7, 11) is 0. The summed E-state index contributed by atoms with van der Waals surface area (Å²) in [5.74, 6) is 0.781. The largest absolute Gasteiger partial charge is 0.325 e. The van der Waals surface area contributed by atoms with Gasteiger partial charge in [0.25, 0.3) is 0 Å². The Balaban J connectivity index is 1.26. The number of para-hydroxylation sites is 1. The maximum atomic E-state index is 12.8. The summed E-state index contributed by atoms with van der Waals surface area (Å²) in [6.07, 6.45) is 5.53. The molecule has 0 unspecified atom stereocenters. The fourth-order valence-electron chi connectivity index (χ4n) is 5.23. The summed E-state index contributed by atoms with van der Waals surface area (Å²) >= 11 is 6.04. The number of likely N-dealkylation sites (tertiary alicyclic amines) is 1. The minimum absolute atomic E-state index is 0.0811. The maximum Gasteiger partial charge on any atom is 0.233 e. The Morgan fingerprint density at radius 3 is 2.31 bits per heavy atom. The molecule has 1 heterocycles. The van der Waals surface area contributed by atoms with E-state index in [1.807, 2.05) is 0 Å². The van der Waals surface area contributed by atoms with Gasteiger partial charge in [-0.3, -0.25) is 19.3 Å². The van der Waals surface area contributed by atoms with Gasteiger partial charge in [-0.25, -0.2) is 0 Å². The molecule has 134 valence electrons. The van der Waals surface area contributed by atoms with E-state index in [-0.39, 0.29) is 54.4 Å². The molecule has 2 bridgehead atoms. The number of hydrogen-bond acceptors (Lipinski definition) is 3. The molecule has 0 radical (unpaired) electrons. The molecule has 4 aliphatic carbocycles. The van der Waals surface area contributed by atoms with Crippen LogP contribution in [0.5, 0.6) is 0 Å². The van der Waals surface area contributed by atoms with Crippen molar-refractivity contribution in [2.24, 2.45) is 35.5 Å². The standard InChI is InChI=1S/C20H19ClN2O3/c21-14-3-1-2-4-15(14)22-16(24)7-8-23-19(25)17-10-5-6-11(13-9-12(10)13)18(17)20(23)26/h1-6,10-13,17-18H,7-9H2,(H,22,24)/t10-,11-,12-,13-,17+,18+/m1/s1. The molecule has 2 saturated carbocycles. The third-order valence-electron chi connectivity index (χ3n) is 6.46. The first-order chi connectivity index (χ1) is 12.6. The average molecular weight is 371 g/mol. The van der Waals surface area contributed by atoms with Gasteiger partial charge in [0.05, 0.1) is 22.5 Å². The summed E-state index contributed by atoms with van der Waals surface area (Å²) in [5.41, 5.74) is 0.536. The van der Waals surface area contributed by atoms with E-state index in [0.29, 0.717) is 22.5 Å². The monoisotopic (exact) mass is 370 g/mol. The number of halogens is 1. The molecule has 6 heteroatoms. The Labute approximate surface area is 156 Å². The second-order valence-electron chi connectivity index (χ2n) is 7.76. The van der Waals surface area contributed by atoms with E-state index in [1.165, 1.54) is 4.90 Å². The number of nitrogens with zero attached hydrogens (tertiary/aromatic N) is 1. The van der Waals surface area contributed by atoms with Crippen molar-refractivity contribution in [3.05, 3.63) is 41.4 Å². The number of anilines is 1. The van der Waals surface area contributed by atoms with Gasteiger partial charge in [0.1, 0.15) is 0 Å². The molecule has 5 aliphatic rings. The van der Waals surface area contributed by atoms with E-state index in [1.54, 1.807) is 24.3 Å². The predicted octanol–water partition coefficient (Wildman–Crippen LogP) is 2.72. The lowest BCUT2D eigenvalue weighted by Gasteiger charge is -2.37. The number of allylic oxidation sites excluding steroid dienone is 2. The van der Waals surface area contributed by atoms with Gasteiger partial charge in [0.15, 0.2) is 0 Å². The van der Waals surface area contributed by atoms with Gasteiger partial charge in [-0.15, -0.1) is 0 Å². The van der Waals surface area contributed by atoms with E-state index < -0.39 is 0 Å². The molecule has 1 aromatic rings. The summed E-state index contributed by atoms with van der Waals surface area (Å²) in [6, 6.07) is 6.99. The number of carbonyl (C=O) groups excluding carboxylic acids is 3. The summed E-state index contributed by atoms with van der Waals surface area (Å²) in [5, 5.41) is 3.20. The van der Waals surface area contributed by atoms with Gasteiger partial charge >= 0.3 is 0 Å². The van der Waals surface area contributed by atoms with Crippen molar-refractivity contribution >= 4 is 35.0 Å². The van der Waals surface area contributed by atoms with Crippen molar-refractivity contribution in [2.75, 3.05) is 11.9 Å². The van der Waals surface area contributed by atoms with Gasteiger partial charge in [-0.05, 0) is 42.2 Å². The number of rotatable bonds is 4. The number of carbonyl (C=O) groups is 3. The van der Waals surface area contributed by atoms with Crippen LogP contribution in [0.2, 0.25) is 5.02 Å². The Kier molecular flexibility index (Phi) is 3.51. The molecule has 1 saturated heterocycles. The van der Waals surface area contributed by atoms with Crippen LogP contribution in [0.3, 0.4) is 0 Å². The highest BCUT2D eigenvalue weighted by molar-refractivity contribution is 6.33. The minimum Gasteiger partial charge on any atom is -0.325 e. The van der Waals surface area contributed by atoms with Crippen LogP contribution < -0.4 is 5.32 Å². The predicted molar refractivity (Wildman–Crippen MR) is 96.1 cm³/mol. The summed E-state index contributed by atoms with van der Waals surface area (Å²) in [6.45, 7) is 0.135. The van der Waals surface area contributed by atoms with Crippen molar-refractivity contribution in [1.29, 1.82) is 0 Å². The highest BCUT2D eigenvalue weighted by Gasteiger charge is 2.66. The van der Waals surface area contributed by atoms with E-state index in [9.17, 15) is 14.4 Å². The van der Waals surface area contributed by atoms with Crippen molar-refractivity contribution in [3.63, 3.8) is 0 Å². The first-order valence-corrected chi connectivity index (χ1v) is 9.52. The molecular weight excluding hydrogens is 352 g/mol. The van der Waals surface area contributed by atoms with Crippen LogP contribution in [0.25, 0.3) is 0 Å². The summed E-state index contributed by atoms with van der Waals surface area (Å²) < 4.78 is 0. The molecule has 3 amide bonds. The van der Waals surface area contributed by atoms with Crippen LogP contribution >= 0.6 is 11.6 Å². The van der Waals surface area contributed by atoms with Crippen molar-refractivity contribution in [1.82, 2.24) is 4.90 Å². The van der Waals surface area contributed by atoms with Crippen LogP contribution in [0.4, 0.5) is 5.69 Å². The first kappa shape index (κ1) is 16.1. The van der Waals surface area contributed by atoms with Crippen LogP contribution in [-0.4, -0.2) is 29.2 Å². The third-order valence-corrected chi connectivity index (χ3v) is 6.79. The second kappa shape index (κ2) is 5.68. The Hall–Kier alpha value is -2.14. The molecule has 1 N–H and O–H groups in total. The fraction of sp³-hybridized carbons (Fsp3) is 0.450. The molecule has 0 spiro atoms. The van der Waals surface area contributed by atoms with Crippen LogP contribution in [0.1, 0.15) is 12.8 Å². The molecule has 6 rings (SSSR count). The highest BCUT2D eigenvalue weighted by Crippen LogP contribution is 2.65. The Morgan fingerprint density at radius 2 is 1.69 bits per heavy atom. The highest BCUT2D eigenvalue weighted by atomic mass is 35.5. The molecule has 26 heavy (non-hydrogen) atoms. The number of imide groups is 1. The smallest absolute Gasteiger partial charge is 0.233 e. The summed E-state index contributed by atoms with van der Waals surface area (Å²) in [4.78, 5) is 39.2. The van der Waals surface area contributed by atoms with Gasteiger partial charge in [0, 0.05) is 13.0 Å². The van der Waals surface area contributed by atoms with E-state index in [4.69, 9.17) is 11.6 Å². The Bertz CT molecular complexity index is 815. The molecule has 1 aromatic carbocycles. The minimum atomic E-state index is -0.252. The topological polar surface area (TPSA) is 66.5 Å². The van der Waals surface area contributed by atoms with Crippen LogP contribution in [0, 0.1) is 35.5 Å². The Morgan fingerprint density at radius 1 is 1.08 bits per heavy atom. The molecule has 3 fully saturated rings. The zero-order chi connectivity index (χ0) is 18.0. The van der Waals surface area contributed by atoms with Crippen LogP contribution in [-0.2, 0) is 14.4 Å². The molecule has 5 nitrogen and oxygen atoms in total. The first-order valence-electron chi connectivity index (χ1n) is 9.14. The normalized spacial score (nSPS) is 36.1. The molecule has 1 aliphatic heterocycles. The lowest BCUT2D eigenvalue weighted by atomic mass is 9.63. The van der Waals surface area contributed by atoms with E-state index in [0.717, 1.165) is 6.42 Å². The average Bonchev–Trinajstić information content (AvgIpc) is 3.41. The van der Waals surface area contributed by atoms with Gasteiger partial charge in [-0.2, -0.15) is 0 Å². The number of benzene rings is 1. The van der Waals surface area contributed by atoms with Gasteiger partial charge in [0.2, 0.25) is 17.7 Å². The number of amides is 3. The molecule has 0 aromatic heterocycles. The fourth-order valence-corrected chi connectivity index (χ4v) is 5.41. The lowest BCUT2D eigenvalue weighted by Crippen LogP contribution is -2.40. The third kappa shape index (κ3) is 2.26. The SMILES string of the molecule is O=C(CCN1C(=O)[C@H]2[C@@H]3C=C[C@H]([C@H]4C[C@H]34)[C@@H]2C1=O)Nc1ccccc1Cl. The second-order valence-corrected chi connectivity index (χ2v) is 8.17. The van der Waals surface area contributed by atoms with E-state index in [2.05, 4.69) is 17.5 Å². The van der Waals surface area contributed by atoms with Gasteiger partial charge in [-0.1, -0.05) is 35.9 Å². The van der Waals surface area contributed by atoms with Crippen LogP contribution in [0.15, 0.2) is 36.4 Å². The number of hydrogen-bond donors (Lipinski definition) is 1.